The van der Waals surface area contributed by atoms with Crippen LogP contribution in [0.3, 0.4) is 0 Å². The molecule has 10 nitrogen and oxygen atoms in total. The summed E-state index contributed by atoms with van der Waals surface area (Å²) < 4.78 is 96.7. The number of nitrogens with zero attached hydrogens (tertiary/aromatic N) is 6. The molecule has 42 heavy (non-hydrogen) atoms. The van der Waals surface area contributed by atoms with Crippen molar-refractivity contribution in [1.29, 1.82) is 0 Å². The number of aliphatic hydroxyl groups is 2. The van der Waals surface area contributed by atoms with Crippen molar-refractivity contribution in [3.05, 3.63) is 76.1 Å². The Kier molecular flexibility index (Phi) is 6.73. The highest BCUT2D eigenvalue weighted by Crippen LogP contribution is 2.49. The van der Waals surface area contributed by atoms with E-state index in [1.54, 1.807) is 0 Å². The first-order valence-corrected chi connectivity index (χ1v) is 13.0. The Balaban J connectivity index is 1.43. The third-order valence-electron chi connectivity index (χ3n) is 7.04. The van der Waals surface area contributed by atoms with E-state index < -0.39 is 71.3 Å². The van der Waals surface area contributed by atoms with Crippen molar-refractivity contribution in [2.75, 3.05) is 0 Å². The SMILES string of the molecule is Cc1nc([C@@H]2OC3[C@H](OC3(C)O)C(n3cc(-c4cc(F)c(F)c(F)c4)cn3)C2O)n(-c2cc(Br)cnc2C(F)(F)F)n1. The molecule has 0 spiro atoms. The lowest BCUT2D eigenvalue weighted by molar-refractivity contribution is -0.425. The molecule has 2 saturated heterocycles. The summed E-state index contributed by atoms with van der Waals surface area (Å²) >= 11 is 3.11. The van der Waals surface area contributed by atoms with Crippen LogP contribution in [0.4, 0.5) is 26.3 Å². The number of aryl methyl sites for hydroxylation is 1. The molecule has 4 unspecified atom stereocenters. The van der Waals surface area contributed by atoms with E-state index in [2.05, 4.69) is 36.1 Å². The minimum Gasteiger partial charge on any atom is -0.388 e. The van der Waals surface area contributed by atoms with Crippen LogP contribution in [-0.2, 0) is 15.7 Å². The normalized spacial score (nSPS) is 27.5. The minimum atomic E-state index is -4.87. The number of pyridine rings is 1. The van der Waals surface area contributed by atoms with Gasteiger partial charge in [-0.3, -0.25) is 4.68 Å². The van der Waals surface area contributed by atoms with Gasteiger partial charge in [-0.2, -0.15) is 23.4 Å². The average Bonchev–Trinajstić information content (AvgIpc) is 3.53. The van der Waals surface area contributed by atoms with Crippen LogP contribution in [0.5, 0.6) is 0 Å². The van der Waals surface area contributed by atoms with Crippen LogP contribution in [-0.4, -0.2) is 63.8 Å². The van der Waals surface area contributed by atoms with Crippen molar-refractivity contribution in [1.82, 2.24) is 29.5 Å². The Bertz CT molecular complexity index is 1670. The van der Waals surface area contributed by atoms with Crippen molar-refractivity contribution < 1.29 is 46.0 Å². The minimum absolute atomic E-state index is 0.0472. The summed E-state index contributed by atoms with van der Waals surface area (Å²) in [6.07, 6.45) is -6.57. The molecule has 2 aliphatic heterocycles. The van der Waals surface area contributed by atoms with Gasteiger partial charge >= 0.3 is 6.18 Å². The van der Waals surface area contributed by atoms with Crippen molar-refractivity contribution in [2.24, 2.45) is 0 Å². The monoisotopic (exact) mass is 660 g/mol. The van der Waals surface area contributed by atoms with Gasteiger partial charge < -0.3 is 19.7 Å². The fourth-order valence-corrected chi connectivity index (χ4v) is 5.51. The number of halogens is 7. The molecule has 0 bridgehead atoms. The standard InChI is InChI=1S/C25H19BrF6N6O4/c1-9-35-23(38(36-9)15-5-12(26)7-33-21(15)25(30,31)32)20-18(39)17(19-22(41-20)24(2,40)42-19)37-8-11(6-34-37)10-3-13(27)16(29)14(28)4-10/h3-8,17-20,22,39-40H,1-2H3/t17?,18?,19-,20-,22?,24?/m1/s1. The average molecular weight is 661 g/mol. The van der Waals surface area contributed by atoms with Gasteiger partial charge in [0.2, 0.25) is 0 Å². The largest absolute Gasteiger partial charge is 0.435 e. The van der Waals surface area contributed by atoms with Gasteiger partial charge in [0.25, 0.3) is 0 Å². The Labute approximate surface area is 240 Å². The summed E-state index contributed by atoms with van der Waals surface area (Å²) in [7, 11) is 0. The molecule has 0 saturated carbocycles. The lowest BCUT2D eigenvalue weighted by Crippen LogP contribution is -2.71. The van der Waals surface area contributed by atoms with Crippen LogP contribution < -0.4 is 0 Å². The number of fused-ring (bicyclic) bond motifs is 1. The lowest BCUT2D eigenvalue weighted by Gasteiger charge is -2.56. The van der Waals surface area contributed by atoms with E-state index in [0.29, 0.717) is 0 Å². The number of hydrogen-bond acceptors (Lipinski definition) is 8. The molecule has 17 heteroatoms. The number of benzene rings is 1. The molecule has 6 atom stereocenters. The Morgan fingerprint density at radius 3 is 2.40 bits per heavy atom. The topological polar surface area (TPSA) is 120 Å². The van der Waals surface area contributed by atoms with E-state index in [0.717, 1.165) is 29.1 Å². The maximum atomic E-state index is 13.9. The first-order chi connectivity index (χ1) is 19.7. The highest BCUT2D eigenvalue weighted by Gasteiger charge is 2.63. The molecule has 0 aliphatic carbocycles. The molecule has 5 heterocycles. The van der Waals surface area contributed by atoms with E-state index in [4.69, 9.17) is 9.47 Å². The van der Waals surface area contributed by atoms with E-state index in [-0.39, 0.29) is 27.2 Å². The molecular formula is C25H19BrF6N6O4. The van der Waals surface area contributed by atoms with Gasteiger partial charge in [0.15, 0.2) is 34.8 Å². The summed E-state index contributed by atoms with van der Waals surface area (Å²) in [5, 5.41) is 30.5. The predicted octanol–water partition coefficient (Wildman–Crippen LogP) is 4.18. The third kappa shape index (κ3) is 4.68. The van der Waals surface area contributed by atoms with Gasteiger partial charge in [0.05, 0.1) is 11.9 Å². The van der Waals surface area contributed by atoms with Gasteiger partial charge in [-0.25, -0.2) is 27.8 Å². The van der Waals surface area contributed by atoms with Crippen molar-refractivity contribution in [3.63, 3.8) is 0 Å². The first kappa shape index (κ1) is 28.7. The van der Waals surface area contributed by atoms with Gasteiger partial charge in [0.1, 0.15) is 36.3 Å². The van der Waals surface area contributed by atoms with E-state index in [9.17, 15) is 36.6 Å². The van der Waals surface area contributed by atoms with Crippen molar-refractivity contribution in [3.8, 4) is 16.8 Å². The first-order valence-electron chi connectivity index (χ1n) is 12.2. The van der Waals surface area contributed by atoms with Crippen molar-refractivity contribution in [2.45, 2.75) is 56.3 Å². The van der Waals surface area contributed by atoms with Crippen LogP contribution >= 0.6 is 15.9 Å². The second-order valence-corrected chi connectivity index (χ2v) is 10.9. The maximum absolute atomic E-state index is 13.9. The molecule has 2 aliphatic rings. The summed E-state index contributed by atoms with van der Waals surface area (Å²) in [4.78, 5) is 7.74. The van der Waals surface area contributed by atoms with Crippen LogP contribution in [0.2, 0.25) is 0 Å². The van der Waals surface area contributed by atoms with Crippen LogP contribution in [0.25, 0.3) is 16.8 Å². The molecule has 2 fully saturated rings. The zero-order valence-electron chi connectivity index (χ0n) is 21.4. The third-order valence-corrected chi connectivity index (χ3v) is 7.47. The molecule has 1 aromatic carbocycles. The number of ether oxygens (including phenoxy) is 2. The maximum Gasteiger partial charge on any atom is 0.435 e. The van der Waals surface area contributed by atoms with Crippen molar-refractivity contribution >= 4 is 15.9 Å². The highest BCUT2D eigenvalue weighted by molar-refractivity contribution is 9.10. The van der Waals surface area contributed by atoms with Gasteiger partial charge in [-0.1, -0.05) is 0 Å². The fourth-order valence-electron chi connectivity index (χ4n) is 5.20. The van der Waals surface area contributed by atoms with E-state index in [1.165, 1.54) is 30.9 Å². The summed E-state index contributed by atoms with van der Waals surface area (Å²) in [6.45, 7) is 2.73. The summed E-state index contributed by atoms with van der Waals surface area (Å²) in [5.41, 5.74) is -1.67. The number of alkyl halides is 3. The molecule has 4 aromatic rings. The second kappa shape index (κ2) is 9.84. The Morgan fingerprint density at radius 2 is 1.76 bits per heavy atom. The number of rotatable bonds is 4. The number of aromatic nitrogens is 6. The molecule has 222 valence electrons. The van der Waals surface area contributed by atoms with E-state index in [1.807, 2.05) is 0 Å². The fraction of sp³-hybridized carbons (Fsp3) is 0.360. The van der Waals surface area contributed by atoms with Crippen LogP contribution in [0.1, 0.15) is 36.4 Å². The second-order valence-electron chi connectivity index (χ2n) is 10.0. The molecule has 0 radical (unpaired) electrons. The quantitative estimate of drug-likeness (QED) is 0.247. The Morgan fingerprint density at radius 1 is 1.07 bits per heavy atom. The lowest BCUT2D eigenvalue weighted by atomic mass is 9.84. The van der Waals surface area contributed by atoms with Crippen LogP contribution in [0.15, 0.2) is 41.3 Å². The molecule has 6 rings (SSSR count). The predicted molar refractivity (Wildman–Crippen MR) is 132 cm³/mol. The van der Waals surface area contributed by atoms with Gasteiger partial charge in [-0.05, 0) is 53.5 Å². The zero-order chi connectivity index (χ0) is 30.3. The molecule has 0 amide bonds. The number of aliphatic hydroxyl groups excluding tert-OH is 1. The molecule has 2 N–H and O–H groups in total. The summed E-state index contributed by atoms with van der Waals surface area (Å²) in [5.74, 6) is -6.52. The highest BCUT2D eigenvalue weighted by atomic mass is 79.9. The summed E-state index contributed by atoms with van der Waals surface area (Å²) in [6, 6.07) is 1.54. The molecular weight excluding hydrogens is 642 g/mol. The number of hydrogen-bond donors (Lipinski definition) is 2. The smallest absolute Gasteiger partial charge is 0.388 e. The molecule has 3 aromatic heterocycles. The zero-order valence-corrected chi connectivity index (χ0v) is 23.0. The van der Waals surface area contributed by atoms with Gasteiger partial charge in [-0.15, -0.1) is 0 Å². The van der Waals surface area contributed by atoms with Crippen LogP contribution in [0, 0.1) is 24.4 Å². The van der Waals surface area contributed by atoms with E-state index >= 15 is 0 Å². The Hall–Kier alpha value is -3.38. The van der Waals surface area contributed by atoms with Gasteiger partial charge in [0, 0.05) is 22.4 Å².